The zero-order chi connectivity index (χ0) is 15.8. The molecule has 23 heavy (non-hydrogen) atoms. The monoisotopic (exact) mass is 428 g/mol. The highest BCUT2D eigenvalue weighted by atomic mass is 127. The molecule has 0 aliphatic carbocycles. The summed E-state index contributed by atoms with van der Waals surface area (Å²) in [7, 11) is 1.82. The van der Waals surface area contributed by atoms with E-state index in [0.29, 0.717) is 0 Å². The van der Waals surface area contributed by atoms with Gasteiger partial charge in [0.1, 0.15) is 0 Å². The SMILES string of the molecule is CCCCCNC(=NC)NCCc1c[nH]c2cccc(C)c12.I. The molecule has 128 valence electrons. The number of unbranched alkanes of at least 4 members (excludes halogenated alkanes) is 2. The van der Waals surface area contributed by atoms with Crippen LogP contribution in [0.4, 0.5) is 0 Å². The molecular formula is C18H29IN4. The molecule has 0 saturated heterocycles. The minimum absolute atomic E-state index is 0. The van der Waals surface area contributed by atoms with Gasteiger partial charge in [-0.15, -0.1) is 24.0 Å². The predicted molar refractivity (Wildman–Crippen MR) is 111 cm³/mol. The van der Waals surface area contributed by atoms with Gasteiger partial charge in [-0.05, 0) is 37.0 Å². The highest BCUT2D eigenvalue weighted by Gasteiger charge is 2.06. The van der Waals surface area contributed by atoms with Crippen molar-refractivity contribution in [2.24, 2.45) is 4.99 Å². The number of nitrogens with zero attached hydrogens (tertiary/aromatic N) is 1. The number of aromatic amines is 1. The normalized spacial score (nSPS) is 11.3. The predicted octanol–water partition coefficient (Wildman–Crippen LogP) is 3.99. The average molecular weight is 428 g/mol. The number of rotatable bonds is 7. The highest BCUT2D eigenvalue weighted by Crippen LogP contribution is 2.22. The van der Waals surface area contributed by atoms with Crippen molar-refractivity contribution in [2.45, 2.75) is 39.5 Å². The number of hydrogen-bond acceptors (Lipinski definition) is 1. The van der Waals surface area contributed by atoms with Gasteiger partial charge < -0.3 is 15.6 Å². The van der Waals surface area contributed by atoms with Crippen LogP contribution < -0.4 is 10.6 Å². The molecule has 5 heteroatoms. The summed E-state index contributed by atoms with van der Waals surface area (Å²) in [5, 5.41) is 8.11. The Morgan fingerprint density at radius 2 is 1.96 bits per heavy atom. The first-order valence-corrected chi connectivity index (χ1v) is 8.26. The summed E-state index contributed by atoms with van der Waals surface area (Å²) in [6.45, 7) is 6.26. The summed E-state index contributed by atoms with van der Waals surface area (Å²) in [6, 6.07) is 6.40. The van der Waals surface area contributed by atoms with Crippen LogP contribution in [0, 0.1) is 6.92 Å². The third kappa shape index (κ3) is 5.71. The summed E-state index contributed by atoms with van der Waals surface area (Å²) in [6.07, 6.45) is 6.81. The lowest BCUT2D eigenvalue weighted by atomic mass is 10.1. The fourth-order valence-electron chi connectivity index (χ4n) is 2.77. The Bertz CT molecular complexity index is 619. The van der Waals surface area contributed by atoms with Crippen molar-refractivity contribution < 1.29 is 0 Å². The fraction of sp³-hybridized carbons (Fsp3) is 0.500. The molecule has 0 spiro atoms. The third-order valence-electron chi connectivity index (χ3n) is 3.98. The van der Waals surface area contributed by atoms with E-state index in [2.05, 4.69) is 58.9 Å². The van der Waals surface area contributed by atoms with Crippen LogP contribution >= 0.6 is 24.0 Å². The summed E-state index contributed by atoms with van der Waals surface area (Å²) in [5.74, 6) is 0.896. The van der Waals surface area contributed by atoms with Gasteiger partial charge in [-0.1, -0.05) is 31.9 Å². The maximum Gasteiger partial charge on any atom is 0.190 e. The van der Waals surface area contributed by atoms with Crippen LogP contribution in [0.3, 0.4) is 0 Å². The molecule has 0 aliphatic rings. The van der Waals surface area contributed by atoms with Crippen molar-refractivity contribution in [3.8, 4) is 0 Å². The summed E-state index contributed by atoms with van der Waals surface area (Å²) < 4.78 is 0. The number of H-pyrrole nitrogens is 1. The molecule has 0 fully saturated rings. The number of aliphatic imine (C=N–C) groups is 1. The van der Waals surface area contributed by atoms with Gasteiger partial charge in [0.2, 0.25) is 0 Å². The largest absolute Gasteiger partial charge is 0.361 e. The summed E-state index contributed by atoms with van der Waals surface area (Å²) in [5.41, 5.74) is 3.91. The Hall–Kier alpha value is -1.24. The van der Waals surface area contributed by atoms with E-state index < -0.39 is 0 Å². The van der Waals surface area contributed by atoms with Crippen LogP contribution in [0.5, 0.6) is 0 Å². The molecule has 1 aromatic heterocycles. The Morgan fingerprint density at radius 3 is 2.70 bits per heavy atom. The second kappa shape index (κ2) is 10.5. The van der Waals surface area contributed by atoms with Gasteiger partial charge >= 0.3 is 0 Å². The lowest BCUT2D eigenvalue weighted by Crippen LogP contribution is -2.38. The van der Waals surface area contributed by atoms with E-state index in [1.54, 1.807) is 0 Å². The summed E-state index contributed by atoms with van der Waals surface area (Å²) in [4.78, 5) is 7.63. The fourth-order valence-corrected chi connectivity index (χ4v) is 2.77. The third-order valence-corrected chi connectivity index (χ3v) is 3.98. The molecule has 2 rings (SSSR count). The van der Waals surface area contributed by atoms with E-state index in [1.165, 1.54) is 41.3 Å². The molecule has 0 unspecified atom stereocenters. The van der Waals surface area contributed by atoms with Crippen molar-refractivity contribution in [3.05, 3.63) is 35.5 Å². The highest BCUT2D eigenvalue weighted by molar-refractivity contribution is 14.0. The topological polar surface area (TPSA) is 52.2 Å². The first kappa shape index (κ1) is 19.8. The lowest BCUT2D eigenvalue weighted by molar-refractivity contribution is 0.682. The van der Waals surface area contributed by atoms with E-state index in [-0.39, 0.29) is 24.0 Å². The molecular weight excluding hydrogens is 399 g/mol. The van der Waals surface area contributed by atoms with Gasteiger partial charge in [0.05, 0.1) is 0 Å². The molecule has 0 aliphatic heterocycles. The van der Waals surface area contributed by atoms with Gasteiger partial charge in [-0.3, -0.25) is 4.99 Å². The van der Waals surface area contributed by atoms with E-state index in [0.717, 1.165) is 25.5 Å². The Labute approximate surface area is 156 Å². The number of guanidine groups is 1. The number of hydrogen-bond donors (Lipinski definition) is 3. The lowest BCUT2D eigenvalue weighted by Gasteiger charge is -2.11. The molecule has 3 N–H and O–H groups in total. The molecule has 0 bridgehead atoms. The molecule has 0 amide bonds. The van der Waals surface area contributed by atoms with Gasteiger partial charge in [0, 0.05) is 37.2 Å². The molecule has 2 aromatic rings. The Kier molecular flexibility index (Phi) is 9.06. The van der Waals surface area contributed by atoms with Crippen LogP contribution in [0.2, 0.25) is 0 Å². The van der Waals surface area contributed by atoms with Crippen LogP contribution in [0.15, 0.2) is 29.4 Å². The maximum absolute atomic E-state index is 4.27. The standard InChI is InChI=1S/C18H28N4.HI/c1-4-5-6-11-20-18(19-3)21-12-10-15-13-22-16-9-7-8-14(2)17(15)16;/h7-9,13,22H,4-6,10-12H2,1-3H3,(H2,19,20,21);1H. The van der Waals surface area contributed by atoms with Crippen LogP contribution in [0.25, 0.3) is 10.9 Å². The number of halogens is 1. The second-order valence-electron chi connectivity index (χ2n) is 5.69. The number of aromatic nitrogens is 1. The van der Waals surface area contributed by atoms with E-state index in [4.69, 9.17) is 0 Å². The molecule has 1 aromatic carbocycles. The maximum atomic E-state index is 4.27. The van der Waals surface area contributed by atoms with Crippen molar-refractivity contribution in [1.82, 2.24) is 15.6 Å². The molecule has 0 saturated carbocycles. The molecule has 0 atom stereocenters. The molecule has 4 nitrogen and oxygen atoms in total. The second-order valence-corrected chi connectivity index (χ2v) is 5.69. The van der Waals surface area contributed by atoms with Gasteiger partial charge in [-0.2, -0.15) is 0 Å². The van der Waals surface area contributed by atoms with E-state index in [1.807, 2.05) is 7.05 Å². The van der Waals surface area contributed by atoms with Crippen molar-refractivity contribution in [3.63, 3.8) is 0 Å². The smallest absolute Gasteiger partial charge is 0.190 e. The van der Waals surface area contributed by atoms with Crippen LogP contribution in [-0.2, 0) is 6.42 Å². The Balaban J connectivity index is 0.00000264. The van der Waals surface area contributed by atoms with Crippen molar-refractivity contribution >= 4 is 40.8 Å². The zero-order valence-electron chi connectivity index (χ0n) is 14.4. The zero-order valence-corrected chi connectivity index (χ0v) is 16.7. The average Bonchev–Trinajstić information content (AvgIpc) is 2.94. The minimum atomic E-state index is 0. The van der Waals surface area contributed by atoms with Crippen LogP contribution in [-0.4, -0.2) is 31.1 Å². The summed E-state index contributed by atoms with van der Waals surface area (Å²) >= 11 is 0. The first-order valence-electron chi connectivity index (χ1n) is 8.26. The van der Waals surface area contributed by atoms with Gasteiger partial charge in [-0.25, -0.2) is 0 Å². The first-order chi connectivity index (χ1) is 10.8. The quantitative estimate of drug-likeness (QED) is 0.270. The van der Waals surface area contributed by atoms with E-state index in [9.17, 15) is 0 Å². The number of fused-ring (bicyclic) bond motifs is 1. The number of aryl methyl sites for hydroxylation is 1. The number of nitrogens with one attached hydrogen (secondary N) is 3. The minimum Gasteiger partial charge on any atom is -0.361 e. The van der Waals surface area contributed by atoms with Gasteiger partial charge in [0.25, 0.3) is 0 Å². The Morgan fingerprint density at radius 1 is 1.17 bits per heavy atom. The number of benzene rings is 1. The van der Waals surface area contributed by atoms with Crippen molar-refractivity contribution in [1.29, 1.82) is 0 Å². The van der Waals surface area contributed by atoms with Crippen LogP contribution in [0.1, 0.15) is 37.3 Å². The molecule has 0 radical (unpaired) electrons. The van der Waals surface area contributed by atoms with E-state index >= 15 is 0 Å². The van der Waals surface area contributed by atoms with Crippen molar-refractivity contribution in [2.75, 3.05) is 20.1 Å². The van der Waals surface area contributed by atoms with Gasteiger partial charge in [0.15, 0.2) is 5.96 Å². The molecule has 1 heterocycles.